The van der Waals surface area contributed by atoms with Gasteiger partial charge in [0.05, 0.1) is 0 Å². The molecule has 0 aromatic carbocycles. The first-order valence-electron chi connectivity index (χ1n) is 3.74. The summed E-state index contributed by atoms with van der Waals surface area (Å²) >= 11 is 5.88. The summed E-state index contributed by atoms with van der Waals surface area (Å²) in [4.78, 5) is 11.8. The molecule has 13 heavy (non-hydrogen) atoms. The minimum absolute atomic E-state index is 0.447. The molecule has 4 heteroatoms. The molecule has 0 saturated carbocycles. The first-order valence-corrected chi connectivity index (χ1v) is 4.11. The molecule has 64 valence electrons. The zero-order chi connectivity index (χ0) is 9.10. The van der Waals surface area contributed by atoms with E-state index in [1.807, 2.05) is 12.1 Å². The Morgan fingerprint density at radius 2 is 2.08 bits per heavy atom. The van der Waals surface area contributed by atoms with Crippen LogP contribution in [-0.4, -0.2) is 15.0 Å². The predicted octanol–water partition coefficient (Wildman–Crippen LogP) is 2.19. The molecule has 2 heterocycles. The molecule has 0 atom stereocenters. The zero-order valence-corrected chi connectivity index (χ0v) is 7.44. The molecule has 3 nitrogen and oxygen atoms in total. The molecular weight excluding hydrogens is 186 g/mol. The summed E-state index contributed by atoms with van der Waals surface area (Å²) < 4.78 is 0. The molecule has 2 aromatic heterocycles. The lowest BCUT2D eigenvalue weighted by Crippen LogP contribution is -1.85. The Morgan fingerprint density at radius 3 is 2.77 bits per heavy atom. The second kappa shape index (κ2) is 3.49. The summed E-state index contributed by atoms with van der Waals surface area (Å²) in [6.07, 6.45) is 6.53. The van der Waals surface area contributed by atoms with Crippen LogP contribution in [0.1, 0.15) is 0 Å². The number of aromatic nitrogens is 3. The van der Waals surface area contributed by atoms with Crippen LogP contribution in [0.2, 0.25) is 5.15 Å². The molecule has 0 saturated heterocycles. The van der Waals surface area contributed by atoms with E-state index >= 15 is 0 Å². The topological polar surface area (TPSA) is 38.7 Å². The van der Waals surface area contributed by atoms with E-state index in [0.717, 1.165) is 11.1 Å². The van der Waals surface area contributed by atoms with Gasteiger partial charge < -0.3 is 0 Å². The van der Waals surface area contributed by atoms with Crippen molar-refractivity contribution in [2.24, 2.45) is 0 Å². The van der Waals surface area contributed by atoms with Crippen LogP contribution in [0, 0.1) is 0 Å². The smallest absolute Gasteiger partial charge is 0.140 e. The maximum atomic E-state index is 5.88. The van der Waals surface area contributed by atoms with Gasteiger partial charge in [0.2, 0.25) is 0 Å². The first kappa shape index (κ1) is 8.13. The van der Waals surface area contributed by atoms with E-state index in [2.05, 4.69) is 15.0 Å². The van der Waals surface area contributed by atoms with Crippen molar-refractivity contribution >= 4 is 11.6 Å². The summed E-state index contributed by atoms with van der Waals surface area (Å²) in [5.74, 6) is 0. The average molecular weight is 192 g/mol. The van der Waals surface area contributed by atoms with E-state index in [1.54, 1.807) is 18.6 Å². The highest BCUT2D eigenvalue weighted by atomic mass is 35.5. The normalized spacial score (nSPS) is 9.92. The number of rotatable bonds is 1. The Hall–Kier alpha value is -1.48. The Morgan fingerprint density at radius 1 is 1.15 bits per heavy atom. The van der Waals surface area contributed by atoms with Gasteiger partial charge in [-0.05, 0) is 6.07 Å². The lowest BCUT2D eigenvalue weighted by molar-refractivity contribution is 1.17. The first-order chi connectivity index (χ1) is 6.38. The van der Waals surface area contributed by atoms with Gasteiger partial charge >= 0.3 is 0 Å². The van der Waals surface area contributed by atoms with Gasteiger partial charge in [-0.1, -0.05) is 17.7 Å². The minimum Gasteiger partial charge on any atom is -0.264 e. The predicted molar refractivity (Wildman–Crippen MR) is 50.3 cm³/mol. The van der Waals surface area contributed by atoms with Gasteiger partial charge in [-0.15, -0.1) is 0 Å². The molecule has 0 N–H and O–H groups in total. The molecule has 0 unspecified atom stereocenters. The van der Waals surface area contributed by atoms with Crippen LogP contribution in [0.5, 0.6) is 0 Å². The summed E-state index contributed by atoms with van der Waals surface area (Å²) in [5, 5.41) is 0.447. The second-order valence-electron chi connectivity index (χ2n) is 2.47. The van der Waals surface area contributed by atoms with Crippen molar-refractivity contribution in [2.45, 2.75) is 0 Å². The Kier molecular flexibility index (Phi) is 2.19. The van der Waals surface area contributed by atoms with E-state index in [4.69, 9.17) is 11.6 Å². The number of halogens is 1. The van der Waals surface area contributed by atoms with Crippen LogP contribution < -0.4 is 0 Å². The fraction of sp³-hybridized carbons (Fsp3) is 0. The van der Waals surface area contributed by atoms with Crippen LogP contribution in [-0.2, 0) is 0 Å². The molecule has 0 aliphatic heterocycles. The van der Waals surface area contributed by atoms with Crippen molar-refractivity contribution in [2.75, 3.05) is 0 Å². The highest BCUT2D eigenvalue weighted by molar-refractivity contribution is 6.32. The molecule has 0 bridgehead atoms. The van der Waals surface area contributed by atoms with Crippen LogP contribution in [0.15, 0.2) is 37.1 Å². The molecule has 0 aliphatic rings. The fourth-order valence-electron chi connectivity index (χ4n) is 1.03. The van der Waals surface area contributed by atoms with E-state index in [1.165, 1.54) is 6.33 Å². The third-order valence-corrected chi connectivity index (χ3v) is 1.94. The highest BCUT2D eigenvalue weighted by Crippen LogP contribution is 2.23. The third-order valence-electron chi connectivity index (χ3n) is 1.64. The van der Waals surface area contributed by atoms with Gasteiger partial charge in [-0.2, -0.15) is 0 Å². The monoisotopic (exact) mass is 191 g/mol. The van der Waals surface area contributed by atoms with Gasteiger partial charge in [0.25, 0.3) is 0 Å². The van der Waals surface area contributed by atoms with Crippen LogP contribution in [0.3, 0.4) is 0 Å². The lowest BCUT2D eigenvalue weighted by Gasteiger charge is -2.00. The lowest BCUT2D eigenvalue weighted by atomic mass is 10.2. The van der Waals surface area contributed by atoms with Crippen LogP contribution in [0.25, 0.3) is 11.1 Å². The largest absolute Gasteiger partial charge is 0.264 e. The Balaban J connectivity index is 2.54. The molecule has 0 fully saturated rings. The summed E-state index contributed by atoms with van der Waals surface area (Å²) in [5.41, 5.74) is 1.73. The number of nitrogens with zero attached hydrogens (tertiary/aromatic N) is 3. The number of hydrogen-bond acceptors (Lipinski definition) is 3. The van der Waals surface area contributed by atoms with E-state index in [9.17, 15) is 0 Å². The fourth-order valence-corrected chi connectivity index (χ4v) is 1.23. The van der Waals surface area contributed by atoms with Gasteiger partial charge in [0.15, 0.2) is 0 Å². The average Bonchev–Trinajstić information content (AvgIpc) is 2.20. The van der Waals surface area contributed by atoms with Crippen molar-refractivity contribution in [3.8, 4) is 11.1 Å². The van der Waals surface area contributed by atoms with Crippen LogP contribution in [0.4, 0.5) is 0 Å². The molecular formula is C9H6ClN3. The highest BCUT2D eigenvalue weighted by Gasteiger charge is 2.02. The van der Waals surface area contributed by atoms with Gasteiger partial charge in [0.1, 0.15) is 11.5 Å². The van der Waals surface area contributed by atoms with Gasteiger partial charge in [-0.25, -0.2) is 9.97 Å². The Bertz CT molecular complexity index is 403. The maximum Gasteiger partial charge on any atom is 0.140 e. The second-order valence-corrected chi connectivity index (χ2v) is 2.83. The molecule has 0 amide bonds. The van der Waals surface area contributed by atoms with Gasteiger partial charge in [-0.3, -0.25) is 4.98 Å². The number of hydrogen-bond donors (Lipinski definition) is 0. The number of pyridine rings is 1. The summed E-state index contributed by atoms with van der Waals surface area (Å²) in [7, 11) is 0. The SMILES string of the molecule is Clc1ncncc1-c1cccnc1. The van der Waals surface area contributed by atoms with Gasteiger partial charge in [0, 0.05) is 29.7 Å². The Labute approximate surface area is 80.5 Å². The van der Waals surface area contributed by atoms with Crippen molar-refractivity contribution in [1.82, 2.24) is 15.0 Å². The quantitative estimate of drug-likeness (QED) is 0.649. The molecule has 2 aromatic rings. The summed E-state index contributed by atoms with van der Waals surface area (Å²) in [6, 6.07) is 3.76. The van der Waals surface area contributed by atoms with Crippen molar-refractivity contribution < 1.29 is 0 Å². The zero-order valence-electron chi connectivity index (χ0n) is 6.68. The van der Waals surface area contributed by atoms with E-state index in [0.29, 0.717) is 5.15 Å². The van der Waals surface area contributed by atoms with Crippen molar-refractivity contribution in [3.63, 3.8) is 0 Å². The molecule has 2 rings (SSSR count). The molecule has 0 radical (unpaired) electrons. The van der Waals surface area contributed by atoms with E-state index < -0.39 is 0 Å². The van der Waals surface area contributed by atoms with Crippen LogP contribution >= 0.6 is 11.6 Å². The summed E-state index contributed by atoms with van der Waals surface area (Å²) in [6.45, 7) is 0. The minimum atomic E-state index is 0.447. The van der Waals surface area contributed by atoms with E-state index in [-0.39, 0.29) is 0 Å². The standard InChI is InChI=1S/C9H6ClN3/c10-9-8(5-12-6-13-9)7-2-1-3-11-4-7/h1-6H. The van der Waals surface area contributed by atoms with Crippen molar-refractivity contribution in [1.29, 1.82) is 0 Å². The van der Waals surface area contributed by atoms with Crippen molar-refractivity contribution in [3.05, 3.63) is 42.2 Å². The third kappa shape index (κ3) is 1.65. The molecule has 0 aliphatic carbocycles. The molecule has 0 spiro atoms. The maximum absolute atomic E-state index is 5.88.